The Balaban J connectivity index is 1.31. The van der Waals surface area contributed by atoms with Crippen LogP contribution < -0.4 is 3.53 Å². The fraction of sp³-hybridized carbons (Fsp3) is 0.600. The van der Waals surface area contributed by atoms with Gasteiger partial charge in [0.05, 0.1) is 0 Å². The summed E-state index contributed by atoms with van der Waals surface area (Å²) in [5.41, 5.74) is 4.56. The Bertz CT molecular complexity index is 921. The molecule has 34 heavy (non-hydrogen) atoms. The molecular weight excluding hydrogens is 658 g/mol. The van der Waals surface area contributed by atoms with Crippen molar-refractivity contribution in [3.05, 3.63) is 46.8 Å². The standard InChI is InChI=1S/C25H38I2N4O3/c1-4-11-28-27(34)26-17-24(32)31(18-26)22-8-6-21(7-9-22)25(33)30-14-12-29(13-15-30)23-10-5-19(2)16-20(23)3/h6,8,10,16,19,28,34H,4-5,7,9,11-15,17-18H2,1-3H3. The number of halogens is 2. The first-order chi connectivity index (χ1) is 16.4. The number of carbonyl (C=O) groups excluding carboxylic acids is 2. The van der Waals surface area contributed by atoms with Gasteiger partial charge < -0.3 is 0 Å². The second-order valence-electron chi connectivity index (χ2n) is 9.35. The molecule has 0 aromatic carbocycles. The molecule has 0 aromatic rings. The van der Waals surface area contributed by atoms with Crippen molar-refractivity contribution in [1.29, 1.82) is 0 Å². The maximum absolute atomic E-state index is 13.2. The first kappa shape index (κ1) is 26.2. The van der Waals surface area contributed by atoms with Crippen molar-refractivity contribution in [3.8, 4) is 0 Å². The quantitative estimate of drug-likeness (QED) is 0.181. The van der Waals surface area contributed by atoms with Crippen molar-refractivity contribution in [3.63, 3.8) is 0 Å². The number of hydrogen-bond acceptors (Lipinski definition) is 5. The van der Waals surface area contributed by atoms with E-state index in [1.165, 1.54) is 11.3 Å². The molecule has 2 heterocycles. The van der Waals surface area contributed by atoms with E-state index in [-0.39, 0.29) is 11.8 Å². The number of rotatable bonds is 7. The molecule has 190 valence electrons. The second-order valence-corrected chi connectivity index (χ2v) is 28.0. The van der Waals surface area contributed by atoms with Crippen LogP contribution in [0.5, 0.6) is 0 Å². The number of amides is 2. The molecule has 0 aromatic heterocycles. The average molecular weight is 696 g/mol. The zero-order valence-electron chi connectivity index (χ0n) is 20.5. The minimum atomic E-state index is -2.13. The first-order valence-corrected chi connectivity index (χ1v) is 23.6. The molecule has 4 aliphatic rings. The number of nitrogens with one attached hydrogen (secondary N) is 1. The van der Waals surface area contributed by atoms with E-state index in [0.29, 0.717) is 16.8 Å². The van der Waals surface area contributed by atoms with Gasteiger partial charge >= 0.3 is 172 Å². The molecule has 9 heteroatoms. The molecule has 0 saturated carbocycles. The number of alkyl halides is 2. The molecule has 1 unspecified atom stereocenters. The molecule has 1 atom stereocenters. The summed E-state index contributed by atoms with van der Waals surface area (Å²) in [5, 5.41) is 0. The van der Waals surface area contributed by atoms with Crippen molar-refractivity contribution >= 4 is 44.2 Å². The third kappa shape index (κ3) is 6.07. The summed E-state index contributed by atoms with van der Waals surface area (Å²) in [7, 11) is 0. The fourth-order valence-electron chi connectivity index (χ4n) is 4.81. The molecular formula is C25H38I2N4O3. The molecule has 0 bridgehead atoms. The van der Waals surface area contributed by atoms with E-state index in [9.17, 15) is 13.0 Å². The Morgan fingerprint density at radius 2 is 2.00 bits per heavy atom. The fourth-order valence-corrected chi connectivity index (χ4v) is 20.6. The molecule has 7 nitrogen and oxygen atoms in total. The van der Waals surface area contributed by atoms with E-state index < -0.39 is 32.4 Å². The summed E-state index contributed by atoms with van der Waals surface area (Å²) < 4.78 is 15.2. The van der Waals surface area contributed by atoms with E-state index in [1.807, 2.05) is 22.0 Å². The second kappa shape index (κ2) is 11.9. The van der Waals surface area contributed by atoms with E-state index in [0.717, 1.165) is 67.8 Å². The van der Waals surface area contributed by atoms with Gasteiger partial charge in [-0.2, -0.15) is 0 Å². The number of carbonyl (C=O) groups is 2. The Morgan fingerprint density at radius 3 is 2.65 bits per heavy atom. The normalized spacial score (nSPS) is 25.1. The zero-order valence-corrected chi connectivity index (χ0v) is 24.8. The summed E-state index contributed by atoms with van der Waals surface area (Å²) in [6.07, 6.45) is 12.1. The zero-order chi connectivity index (χ0) is 24.2. The van der Waals surface area contributed by atoms with Crippen LogP contribution in [0, 0.1) is 5.92 Å². The van der Waals surface area contributed by atoms with Crippen LogP contribution in [0.3, 0.4) is 0 Å². The van der Waals surface area contributed by atoms with Gasteiger partial charge in [-0.25, -0.2) is 0 Å². The molecule has 2 fully saturated rings. The Labute approximate surface area is 215 Å². The molecule has 2 N–H and O–H groups in total. The molecule has 0 radical (unpaired) electrons. The number of nitrogens with zero attached hydrogens (tertiary/aromatic N) is 3. The molecule has 0 spiro atoms. The predicted octanol–water partition coefficient (Wildman–Crippen LogP) is 4.15. The van der Waals surface area contributed by atoms with Crippen molar-refractivity contribution in [1.82, 2.24) is 18.2 Å². The average Bonchev–Trinajstić information content (AvgIpc) is 3.24. The summed E-state index contributed by atoms with van der Waals surface area (Å²) >= 11 is -3.78. The molecule has 2 aliphatic heterocycles. The van der Waals surface area contributed by atoms with Crippen LogP contribution in [-0.4, -0.2) is 71.7 Å². The van der Waals surface area contributed by atoms with Crippen LogP contribution in [0.25, 0.3) is 0 Å². The van der Waals surface area contributed by atoms with Gasteiger partial charge in [-0.15, -0.1) is 0 Å². The van der Waals surface area contributed by atoms with Gasteiger partial charge in [0.25, 0.3) is 0 Å². The van der Waals surface area contributed by atoms with E-state index in [4.69, 9.17) is 0 Å². The van der Waals surface area contributed by atoms with Gasteiger partial charge in [-0.05, 0) is 24.8 Å². The SMILES string of the molecule is CCCNI(O)I1CC(=O)N(C2=CC=C(C(=O)N3CCN(C4=CCC(C)C=C4C)CC3)CC2)C1. The van der Waals surface area contributed by atoms with Gasteiger partial charge in [0.1, 0.15) is 0 Å². The Kier molecular flexibility index (Phi) is 9.14. The number of allylic oxidation sites excluding steroid dienone is 6. The van der Waals surface area contributed by atoms with Crippen molar-refractivity contribution < 1.29 is 13.0 Å². The predicted molar refractivity (Wildman–Crippen MR) is 154 cm³/mol. The molecule has 4 rings (SSSR count). The van der Waals surface area contributed by atoms with Gasteiger partial charge in [0.15, 0.2) is 0 Å². The summed E-state index contributed by atoms with van der Waals surface area (Å²) in [5.74, 6) is 0.917. The van der Waals surface area contributed by atoms with Gasteiger partial charge in [-0.3, -0.25) is 0 Å². The van der Waals surface area contributed by atoms with Crippen molar-refractivity contribution in [2.75, 3.05) is 41.7 Å². The molecule has 2 saturated heterocycles. The Hall–Kier alpha value is -0.920. The third-order valence-electron chi connectivity index (χ3n) is 6.73. The van der Waals surface area contributed by atoms with Crippen LogP contribution >= 0.6 is 32.4 Å². The van der Waals surface area contributed by atoms with Crippen LogP contribution in [-0.2, 0) is 9.59 Å². The Morgan fingerprint density at radius 1 is 1.24 bits per heavy atom. The van der Waals surface area contributed by atoms with Crippen LogP contribution in [0.1, 0.15) is 46.5 Å². The van der Waals surface area contributed by atoms with E-state index in [2.05, 4.69) is 41.4 Å². The van der Waals surface area contributed by atoms with Crippen LogP contribution in [0.2, 0.25) is 0 Å². The van der Waals surface area contributed by atoms with Crippen LogP contribution in [0.15, 0.2) is 46.8 Å². The van der Waals surface area contributed by atoms with Gasteiger partial charge in [0, 0.05) is 0 Å². The molecule has 2 amide bonds. The number of hydrogen-bond donors (Lipinski definition) is 2. The van der Waals surface area contributed by atoms with Gasteiger partial charge in [-0.1, -0.05) is 19.1 Å². The third-order valence-corrected chi connectivity index (χ3v) is 24.8. The van der Waals surface area contributed by atoms with Crippen molar-refractivity contribution in [2.45, 2.75) is 46.5 Å². The molecule has 2 aliphatic carbocycles. The van der Waals surface area contributed by atoms with Gasteiger partial charge in [0.2, 0.25) is 0 Å². The summed E-state index contributed by atoms with van der Waals surface area (Å²) in [6, 6.07) is 0. The van der Waals surface area contributed by atoms with Crippen molar-refractivity contribution in [2.24, 2.45) is 5.92 Å². The minimum absolute atomic E-state index is 0.141. The summed E-state index contributed by atoms with van der Waals surface area (Å²) in [6.45, 7) is 10.6. The summed E-state index contributed by atoms with van der Waals surface area (Å²) in [4.78, 5) is 32.1. The maximum atomic E-state index is 13.2. The topological polar surface area (TPSA) is 76.1 Å². The first-order valence-electron chi connectivity index (χ1n) is 12.3. The van der Waals surface area contributed by atoms with E-state index >= 15 is 0 Å². The number of piperazine rings is 1. The monoisotopic (exact) mass is 696 g/mol. The van der Waals surface area contributed by atoms with Crippen LogP contribution in [0.4, 0.5) is 0 Å². The van der Waals surface area contributed by atoms with E-state index in [1.54, 1.807) is 0 Å².